The lowest BCUT2D eigenvalue weighted by Gasteiger charge is -2.25. The Morgan fingerprint density at radius 3 is 2.65 bits per heavy atom. The van der Waals surface area contributed by atoms with Gasteiger partial charge < -0.3 is 14.7 Å². The number of fused-ring (bicyclic) bond motifs is 1. The van der Waals surface area contributed by atoms with Gasteiger partial charge in [-0.15, -0.1) is 0 Å². The van der Waals surface area contributed by atoms with Gasteiger partial charge in [-0.1, -0.05) is 30.5 Å². The fourth-order valence-electron chi connectivity index (χ4n) is 5.67. The Kier molecular flexibility index (Phi) is 8.36. The summed E-state index contributed by atoms with van der Waals surface area (Å²) in [6.07, 6.45) is 6.58. The maximum Gasteiger partial charge on any atom is 0.261 e. The summed E-state index contributed by atoms with van der Waals surface area (Å²) in [6, 6.07) is 12.8. The van der Waals surface area contributed by atoms with Crippen LogP contribution in [0.25, 0.3) is 10.9 Å². The number of nitriles is 1. The van der Waals surface area contributed by atoms with E-state index in [0.29, 0.717) is 40.5 Å². The molecule has 40 heavy (non-hydrogen) atoms. The van der Waals surface area contributed by atoms with Crippen LogP contribution in [-0.4, -0.2) is 64.4 Å². The van der Waals surface area contributed by atoms with Gasteiger partial charge in [0.2, 0.25) is 11.8 Å². The summed E-state index contributed by atoms with van der Waals surface area (Å²) in [5.41, 5.74) is 2.33. The van der Waals surface area contributed by atoms with E-state index < -0.39 is 0 Å². The van der Waals surface area contributed by atoms with E-state index in [2.05, 4.69) is 9.88 Å². The first-order valence-corrected chi connectivity index (χ1v) is 14.2. The quantitative estimate of drug-likeness (QED) is 0.454. The fourth-order valence-corrected chi connectivity index (χ4v) is 5.83. The van der Waals surface area contributed by atoms with Crippen LogP contribution in [0.15, 0.2) is 47.5 Å². The molecule has 5 rings (SSSR count). The molecule has 1 aliphatic heterocycles. The normalized spacial score (nSPS) is 16.1. The van der Waals surface area contributed by atoms with Crippen molar-refractivity contribution in [2.24, 2.45) is 5.92 Å². The summed E-state index contributed by atoms with van der Waals surface area (Å²) in [5.74, 6) is 0.216. The maximum atomic E-state index is 13.4. The summed E-state index contributed by atoms with van der Waals surface area (Å²) in [4.78, 5) is 49.5. The van der Waals surface area contributed by atoms with E-state index in [4.69, 9.17) is 11.6 Å². The van der Waals surface area contributed by atoms with Crippen molar-refractivity contribution < 1.29 is 9.59 Å². The molecule has 2 fully saturated rings. The highest BCUT2D eigenvalue weighted by molar-refractivity contribution is 6.31. The lowest BCUT2D eigenvalue weighted by molar-refractivity contribution is -0.135. The predicted octanol–water partition coefficient (Wildman–Crippen LogP) is 3.81. The van der Waals surface area contributed by atoms with Gasteiger partial charge in [-0.3, -0.25) is 19.0 Å². The lowest BCUT2D eigenvalue weighted by Crippen LogP contribution is -2.38. The van der Waals surface area contributed by atoms with Gasteiger partial charge in [0.25, 0.3) is 5.56 Å². The maximum absolute atomic E-state index is 13.4. The molecule has 1 aromatic heterocycles. The largest absolute Gasteiger partial charge is 0.370 e. The van der Waals surface area contributed by atoms with Crippen molar-refractivity contribution in [1.82, 2.24) is 19.4 Å². The third-order valence-electron chi connectivity index (χ3n) is 7.99. The van der Waals surface area contributed by atoms with Gasteiger partial charge in [0.15, 0.2) is 0 Å². The molecule has 3 aromatic rings. The zero-order chi connectivity index (χ0) is 28.2. The van der Waals surface area contributed by atoms with Crippen molar-refractivity contribution >= 4 is 40.0 Å². The van der Waals surface area contributed by atoms with Gasteiger partial charge in [0, 0.05) is 51.4 Å². The van der Waals surface area contributed by atoms with Crippen LogP contribution in [0.2, 0.25) is 5.02 Å². The number of hydrogen-bond donors (Lipinski definition) is 0. The molecular formula is C30H33ClN6O3. The SMILES string of the molecule is CN(Cc1ccc(Cl)c(C#N)c1)C(=O)Cn1cnc2ccc(N3CCCN(C(=O)C4CCCC4)CC3)cc2c1=O. The molecule has 208 valence electrons. The molecule has 2 aliphatic rings. The molecular weight excluding hydrogens is 528 g/mol. The highest BCUT2D eigenvalue weighted by Gasteiger charge is 2.28. The van der Waals surface area contributed by atoms with Crippen LogP contribution in [0.1, 0.15) is 43.2 Å². The second-order valence-corrected chi connectivity index (χ2v) is 11.1. The molecule has 0 spiro atoms. The number of carbonyl (C=O) groups excluding carboxylic acids is 2. The summed E-state index contributed by atoms with van der Waals surface area (Å²) >= 11 is 6.01. The Bertz CT molecular complexity index is 1520. The second kappa shape index (κ2) is 12.1. The molecule has 1 saturated carbocycles. The standard InChI is InChI=1S/C30H33ClN6O3/c1-34(18-21-7-9-26(31)23(15-21)17-32)28(38)19-37-20-33-27-10-8-24(16-25(27)30(37)40)35-11-4-12-36(14-13-35)29(39)22-5-2-3-6-22/h7-10,15-16,20,22H,2-6,11-14,18-19H2,1H3. The van der Waals surface area contributed by atoms with Crippen molar-refractivity contribution in [3.05, 3.63) is 69.2 Å². The molecule has 0 unspecified atom stereocenters. The summed E-state index contributed by atoms with van der Waals surface area (Å²) in [5, 5.41) is 10.0. The molecule has 1 saturated heterocycles. The van der Waals surface area contributed by atoms with Crippen molar-refractivity contribution in [2.45, 2.75) is 45.2 Å². The summed E-state index contributed by atoms with van der Waals surface area (Å²) < 4.78 is 1.33. The minimum Gasteiger partial charge on any atom is -0.370 e. The van der Waals surface area contributed by atoms with E-state index in [1.807, 2.05) is 29.2 Å². The van der Waals surface area contributed by atoms with Gasteiger partial charge in [-0.25, -0.2) is 4.98 Å². The number of halogens is 1. The van der Waals surface area contributed by atoms with E-state index in [0.717, 1.165) is 56.4 Å². The number of benzene rings is 2. The van der Waals surface area contributed by atoms with Crippen LogP contribution in [-0.2, 0) is 22.7 Å². The molecule has 1 aliphatic carbocycles. The van der Waals surface area contributed by atoms with Crippen molar-refractivity contribution in [1.29, 1.82) is 5.26 Å². The fraction of sp³-hybridized carbons (Fsp3) is 0.433. The monoisotopic (exact) mass is 560 g/mol. The van der Waals surface area contributed by atoms with Gasteiger partial charge in [0.1, 0.15) is 12.6 Å². The average molecular weight is 561 g/mol. The first kappa shape index (κ1) is 27.7. The third kappa shape index (κ3) is 5.97. The zero-order valence-corrected chi connectivity index (χ0v) is 23.4. The number of hydrogen-bond acceptors (Lipinski definition) is 6. The smallest absolute Gasteiger partial charge is 0.261 e. The highest BCUT2D eigenvalue weighted by atomic mass is 35.5. The Balaban J connectivity index is 1.28. The first-order chi connectivity index (χ1) is 19.3. The first-order valence-electron chi connectivity index (χ1n) is 13.8. The van der Waals surface area contributed by atoms with E-state index in [1.54, 1.807) is 25.2 Å². The van der Waals surface area contributed by atoms with Gasteiger partial charge in [-0.2, -0.15) is 5.26 Å². The second-order valence-electron chi connectivity index (χ2n) is 10.7. The molecule has 2 amide bonds. The van der Waals surface area contributed by atoms with Gasteiger partial charge in [0.05, 0.1) is 27.8 Å². The van der Waals surface area contributed by atoms with E-state index >= 15 is 0 Å². The Morgan fingerprint density at radius 2 is 1.88 bits per heavy atom. The Hall–Kier alpha value is -3.90. The van der Waals surface area contributed by atoms with Crippen LogP contribution in [0, 0.1) is 17.2 Å². The third-order valence-corrected chi connectivity index (χ3v) is 8.32. The number of rotatable bonds is 6. The topological polar surface area (TPSA) is 103 Å². The summed E-state index contributed by atoms with van der Waals surface area (Å²) in [7, 11) is 1.65. The summed E-state index contributed by atoms with van der Waals surface area (Å²) in [6.45, 7) is 3.07. The zero-order valence-electron chi connectivity index (χ0n) is 22.7. The van der Waals surface area contributed by atoms with Crippen LogP contribution in [0.3, 0.4) is 0 Å². The van der Waals surface area contributed by atoms with Gasteiger partial charge >= 0.3 is 0 Å². The number of anilines is 1. The van der Waals surface area contributed by atoms with Gasteiger partial charge in [-0.05, 0) is 55.2 Å². The Labute approximate surface area is 238 Å². The van der Waals surface area contributed by atoms with Crippen LogP contribution >= 0.6 is 11.6 Å². The molecule has 10 heteroatoms. The molecule has 2 heterocycles. The number of aromatic nitrogens is 2. The highest BCUT2D eigenvalue weighted by Crippen LogP contribution is 2.27. The van der Waals surface area contributed by atoms with Crippen LogP contribution in [0.4, 0.5) is 5.69 Å². The van der Waals surface area contributed by atoms with Crippen molar-refractivity contribution in [3.63, 3.8) is 0 Å². The average Bonchev–Trinajstić information content (AvgIpc) is 3.39. The molecule has 0 atom stereocenters. The molecule has 2 aromatic carbocycles. The number of amides is 2. The van der Waals surface area contributed by atoms with E-state index in [-0.39, 0.29) is 30.5 Å². The van der Waals surface area contributed by atoms with E-state index in [1.165, 1.54) is 15.8 Å². The molecule has 0 radical (unpaired) electrons. The minimum atomic E-state index is -0.278. The van der Waals surface area contributed by atoms with Crippen LogP contribution in [0.5, 0.6) is 0 Å². The van der Waals surface area contributed by atoms with Crippen molar-refractivity contribution in [2.75, 3.05) is 38.1 Å². The number of carbonyl (C=O) groups is 2. The van der Waals surface area contributed by atoms with E-state index in [9.17, 15) is 19.6 Å². The number of likely N-dealkylation sites (N-methyl/N-ethyl adjacent to an activating group) is 1. The minimum absolute atomic E-state index is 0.150. The van der Waals surface area contributed by atoms with Crippen LogP contribution < -0.4 is 10.5 Å². The number of nitrogens with zero attached hydrogens (tertiary/aromatic N) is 6. The Morgan fingerprint density at radius 1 is 1.07 bits per heavy atom. The molecule has 0 N–H and O–H groups in total. The molecule has 9 nitrogen and oxygen atoms in total. The predicted molar refractivity (Wildman–Crippen MR) is 154 cm³/mol. The molecule has 0 bridgehead atoms. The van der Waals surface area contributed by atoms with Crippen molar-refractivity contribution in [3.8, 4) is 6.07 Å². The lowest BCUT2D eigenvalue weighted by atomic mass is 10.1.